The molecule has 2 unspecified atom stereocenters. The molecular formula is C28H26N2O2. The maximum atomic E-state index is 13.9. The average molecular weight is 423 g/mol. The number of benzene rings is 2. The van der Waals surface area contributed by atoms with Crippen molar-refractivity contribution in [1.82, 2.24) is 0 Å². The van der Waals surface area contributed by atoms with Crippen LogP contribution in [0.25, 0.3) is 11.1 Å². The normalized spacial score (nSPS) is 26.6. The van der Waals surface area contributed by atoms with Crippen molar-refractivity contribution in [2.24, 2.45) is 0 Å². The summed E-state index contributed by atoms with van der Waals surface area (Å²) in [6.07, 6.45) is 14.8. The maximum Gasteiger partial charge on any atom is 0.260 e. The minimum atomic E-state index is -0.0538. The summed E-state index contributed by atoms with van der Waals surface area (Å²) >= 11 is 0. The molecule has 0 radical (unpaired) electrons. The molecule has 2 heterocycles. The van der Waals surface area contributed by atoms with Gasteiger partial charge in [0.1, 0.15) is 0 Å². The first-order valence-electron chi connectivity index (χ1n) is 11.7. The lowest BCUT2D eigenvalue weighted by molar-refractivity contribution is -0.115. The zero-order chi connectivity index (χ0) is 21.7. The van der Waals surface area contributed by atoms with E-state index in [0.29, 0.717) is 11.1 Å². The topological polar surface area (TPSA) is 40.6 Å². The molecule has 4 nitrogen and oxygen atoms in total. The quantitative estimate of drug-likeness (QED) is 0.473. The first-order chi connectivity index (χ1) is 15.8. The number of fused-ring (bicyclic) bond motifs is 2. The van der Waals surface area contributed by atoms with Crippen molar-refractivity contribution < 1.29 is 9.59 Å². The van der Waals surface area contributed by atoms with Gasteiger partial charge in [-0.3, -0.25) is 9.59 Å². The number of amides is 2. The molecule has 4 aliphatic rings. The van der Waals surface area contributed by atoms with Crippen LogP contribution in [0, 0.1) is 0 Å². The van der Waals surface area contributed by atoms with Gasteiger partial charge in [0.05, 0.1) is 34.6 Å². The summed E-state index contributed by atoms with van der Waals surface area (Å²) in [5, 5.41) is 0. The molecule has 4 heteroatoms. The number of carbonyl (C=O) groups is 2. The highest BCUT2D eigenvalue weighted by molar-refractivity contribution is 6.50. The van der Waals surface area contributed by atoms with Crippen molar-refractivity contribution in [3.8, 4) is 0 Å². The van der Waals surface area contributed by atoms with Gasteiger partial charge in [-0.1, -0.05) is 60.7 Å². The Morgan fingerprint density at radius 1 is 0.625 bits per heavy atom. The SMILES string of the molecule is O=C1/C(=C2/C(=O)N(C3C=CCCC3)c3ccccc32)c2ccccc2N1C1C=CCCC1. The van der Waals surface area contributed by atoms with E-state index in [1.807, 2.05) is 58.3 Å². The molecule has 2 amide bonds. The monoisotopic (exact) mass is 422 g/mol. The van der Waals surface area contributed by atoms with Gasteiger partial charge >= 0.3 is 0 Å². The first-order valence-corrected chi connectivity index (χ1v) is 11.7. The second-order valence-corrected chi connectivity index (χ2v) is 8.99. The number of para-hydroxylation sites is 2. The average Bonchev–Trinajstić information content (AvgIpc) is 3.29. The van der Waals surface area contributed by atoms with Crippen molar-refractivity contribution >= 4 is 34.3 Å². The minimum Gasteiger partial charge on any atom is -0.301 e. The molecule has 0 fully saturated rings. The summed E-state index contributed by atoms with van der Waals surface area (Å²) in [5.41, 5.74) is 4.68. The highest BCUT2D eigenvalue weighted by Gasteiger charge is 2.44. The summed E-state index contributed by atoms with van der Waals surface area (Å²) in [6, 6.07) is 15.9. The Kier molecular flexibility index (Phi) is 4.60. The van der Waals surface area contributed by atoms with E-state index in [-0.39, 0.29) is 23.9 Å². The molecule has 0 spiro atoms. The predicted octanol–water partition coefficient (Wildman–Crippen LogP) is 5.51. The Bertz CT molecular complexity index is 1110. The van der Waals surface area contributed by atoms with Crippen molar-refractivity contribution in [2.45, 2.75) is 50.6 Å². The van der Waals surface area contributed by atoms with Crippen LogP contribution in [-0.4, -0.2) is 23.9 Å². The van der Waals surface area contributed by atoms with Gasteiger partial charge in [0.2, 0.25) is 0 Å². The first kappa shape index (κ1) is 19.3. The molecule has 2 atom stereocenters. The Morgan fingerprint density at radius 3 is 1.47 bits per heavy atom. The zero-order valence-electron chi connectivity index (χ0n) is 18.0. The number of anilines is 2. The van der Waals surface area contributed by atoms with Gasteiger partial charge in [-0.25, -0.2) is 0 Å². The van der Waals surface area contributed by atoms with E-state index in [4.69, 9.17) is 0 Å². The maximum absolute atomic E-state index is 13.9. The second kappa shape index (κ2) is 7.63. The largest absolute Gasteiger partial charge is 0.301 e. The van der Waals surface area contributed by atoms with E-state index in [9.17, 15) is 9.59 Å². The van der Waals surface area contributed by atoms with Crippen molar-refractivity contribution in [2.75, 3.05) is 9.80 Å². The zero-order valence-corrected chi connectivity index (χ0v) is 18.0. The lowest BCUT2D eigenvalue weighted by Gasteiger charge is -2.28. The molecular weight excluding hydrogens is 396 g/mol. The van der Waals surface area contributed by atoms with Crippen LogP contribution in [0.2, 0.25) is 0 Å². The third kappa shape index (κ3) is 2.82. The number of allylic oxidation sites excluding steroid dienone is 2. The van der Waals surface area contributed by atoms with E-state index in [0.717, 1.165) is 61.0 Å². The van der Waals surface area contributed by atoms with Crippen LogP contribution in [0.5, 0.6) is 0 Å². The fourth-order valence-electron chi connectivity index (χ4n) is 5.64. The molecule has 0 bridgehead atoms. The van der Waals surface area contributed by atoms with Crippen LogP contribution >= 0.6 is 0 Å². The van der Waals surface area contributed by atoms with E-state index in [2.05, 4.69) is 24.3 Å². The fraction of sp³-hybridized carbons (Fsp3) is 0.286. The Balaban J connectivity index is 1.54. The van der Waals surface area contributed by atoms with E-state index >= 15 is 0 Å². The Labute approximate surface area is 188 Å². The number of nitrogens with zero attached hydrogens (tertiary/aromatic N) is 2. The fourth-order valence-corrected chi connectivity index (χ4v) is 5.64. The minimum absolute atomic E-state index is 0.0413. The second-order valence-electron chi connectivity index (χ2n) is 8.99. The third-order valence-electron chi connectivity index (χ3n) is 7.10. The van der Waals surface area contributed by atoms with Crippen LogP contribution < -0.4 is 9.80 Å². The van der Waals surface area contributed by atoms with Crippen LogP contribution in [0.15, 0.2) is 72.8 Å². The van der Waals surface area contributed by atoms with E-state index in [1.54, 1.807) is 0 Å². The number of hydrogen-bond donors (Lipinski definition) is 0. The van der Waals surface area contributed by atoms with Gasteiger partial charge in [0.15, 0.2) is 0 Å². The molecule has 2 aliphatic carbocycles. The van der Waals surface area contributed by atoms with Gasteiger partial charge in [-0.15, -0.1) is 0 Å². The van der Waals surface area contributed by atoms with Gasteiger partial charge in [-0.2, -0.15) is 0 Å². The van der Waals surface area contributed by atoms with Crippen molar-refractivity contribution in [3.05, 3.63) is 84.0 Å². The number of rotatable bonds is 2. The number of carbonyl (C=O) groups excluding carboxylic acids is 2. The molecule has 2 aromatic carbocycles. The van der Waals surface area contributed by atoms with Crippen LogP contribution in [0.3, 0.4) is 0 Å². The predicted molar refractivity (Wildman–Crippen MR) is 128 cm³/mol. The van der Waals surface area contributed by atoms with Crippen LogP contribution in [0.1, 0.15) is 49.7 Å². The van der Waals surface area contributed by atoms with Crippen LogP contribution in [-0.2, 0) is 9.59 Å². The van der Waals surface area contributed by atoms with E-state index in [1.165, 1.54) is 0 Å². The summed E-state index contributed by atoms with van der Waals surface area (Å²) in [5.74, 6) is -0.108. The summed E-state index contributed by atoms with van der Waals surface area (Å²) in [6.45, 7) is 0. The molecule has 2 aromatic rings. The molecule has 32 heavy (non-hydrogen) atoms. The highest BCUT2D eigenvalue weighted by Crippen LogP contribution is 2.48. The molecule has 0 saturated heterocycles. The molecule has 6 rings (SSSR count). The van der Waals surface area contributed by atoms with Gasteiger partial charge in [0.25, 0.3) is 11.8 Å². The molecule has 0 N–H and O–H groups in total. The van der Waals surface area contributed by atoms with Gasteiger partial charge in [-0.05, 0) is 50.7 Å². The molecule has 0 aromatic heterocycles. The summed E-state index contributed by atoms with van der Waals surface area (Å²) in [7, 11) is 0. The Hall–Kier alpha value is -3.40. The molecule has 160 valence electrons. The standard InChI is InChI=1S/C28H26N2O2/c31-27-25(21-15-7-9-17-23(21)29(27)19-11-3-1-4-12-19)26-22-16-8-10-18-24(22)30(28(26)32)20-13-5-2-6-14-20/h3,5,7-11,13,15-20H,1-2,4,6,12,14H2/b26-25+. The molecule has 0 saturated carbocycles. The summed E-state index contributed by atoms with van der Waals surface area (Å²) in [4.78, 5) is 31.7. The lowest BCUT2D eigenvalue weighted by atomic mass is 9.96. The van der Waals surface area contributed by atoms with E-state index < -0.39 is 0 Å². The van der Waals surface area contributed by atoms with Crippen molar-refractivity contribution in [1.29, 1.82) is 0 Å². The number of hydrogen-bond acceptors (Lipinski definition) is 2. The van der Waals surface area contributed by atoms with Gasteiger partial charge < -0.3 is 9.80 Å². The highest BCUT2D eigenvalue weighted by atomic mass is 16.2. The van der Waals surface area contributed by atoms with Crippen LogP contribution in [0.4, 0.5) is 11.4 Å². The van der Waals surface area contributed by atoms with Crippen molar-refractivity contribution in [3.63, 3.8) is 0 Å². The smallest absolute Gasteiger partial charge is 0.260 e. The lowest BCUT2D eigenvalue weighted by Crippen LogP contribution is -2.38. The third-order valence-corrected chi connectivity index (χ3v) is 7.10. The summed E-state index contributed by atoms with van der Waals surface area (Å²) < 4.78 is 0. The van der Waals surface area contributed by atoms with Gasteiger partial charge in [0, 0.05) is 11.1 Å². The Morgan fingerprint density at radius 2 is 1.06 bits per heavy atom. The molecule has 2 aliphatic heterocycles.